The summed E-state index contributed by atoms with van der Waals surface area (Å²) in [5.41, 5.74) is 2.37. The molecule has 4 heteroatoms. The largest absolute Gasteiger partial charge is 0.370 e. The molecule has 0 aliphatic rings. The molecule has 0 bridgehead atoms. The molecule has 0 aliphatic carbocycles. The summed E-state index contributed by atoms with van der Waals surface area (Å²) in [5, 5.41) is 4.16. The van der Waals surface area contributed by atoms with E-state index in [9.17, 15) is 0 Å². The molecule has 1 unspecified atom stereocenters. The Hall–Kier alpha value is -0.380. The Morgan fingerprint density at radius 3 is 2.63 bits per heavy atom. The first-order valence-corrected chi connectivity index (χ1v) is 8.62. The number of nitrogens with zero attached hydrogens (tertiary/aromatic N) is 1. The maximum Gasteiger partial charge on any atom is 0.0642 e. The number of hydrogen-bond acceptors (Lipinski definition) is 3. The van der Waals surface area contributed by atoms with Gasteiger partial charge in [-0.25, -0.2) is 0 Å². The average molecular weight is 301 g/mol. The minimum absolute atomic E-state index is 0.534. The Bertz CT molecular complexity index is 384. The Morgan fingerprint density at radius 1 is 1.37 bits per heavy atom. The zero-order valence-corrected chi connectivity index (χ0v) is 13.9. The summed E-state index contributed by atoms with van der Waals surface area (Å²) in [4.78, 5) is 2.30. The number of benzene rings is 1. The van der Waals surface area contributed by atoms with E-state index in [4.69, 9.17) is 11.6 Å². The van der Waals surface area contributed by atoms with Crippen LogP contribution >= 0.6 is 23.4 Å². The van der Waals surface area contributed by atoms with E-state index < -0.39 is 0 Å². The predicted octanol–water partition coefficient (Wildman–Crippen LogP) is 4.03. The monoisotopic (exact) mass is 300 g/mol. The normalized spacial score (nSPS) is 12.5. The van der Waals surface area contributed by atoms with E-state index in [-0.39, 0.29) is 0 Å². The van der Waals surface area contributed by atoms with Crippen molar-refractivity contribution in [3.63, 3.8) is 0 Å². The maximum absolute atomic E-state index is 6.43. The molecule has 1 N–H and O–H groups in total. The zero-order valence-electron chi connectivity index (χ0n) is 12.4. The first-order chi connectivity index (χ1) is 9.13. The van der Waals surface area contributed by atoms with Crippen LogP contribution < -0.4 is 10.2 Å². The highest BCUT2D eigenvalue weighted by Gasteiger charge is 2.15. The van der Waals surface area contributed by atoms with Crippen LogP contribution in [-0.4, -0.2) is 31.6 Å². The molecule has 1 aromatic carbocycles. The summed E-state index contributed by atoms with van der Waals surface area (Å²) in [6.45, 7) is 6.19. The highest BCUT2D eigenvalue weighted by atomic mass is 35.5. The van der Waals surface area contributed by atoms with E-state index in [1.807, 2.05) is 11.8 Å². The maximum atomic E-state index is 6.43. The van der Waals surface area contributed by atoms with E-state index in [1.54, 1.807) is 0 Å². The summed E-state index contributed by atoms with van der Waals surface area (Å²) in [6.07, 6.45) is 3.28. The first kappa shape index (κ1) is 16.7. The smallest absolute Gasteiger partial charge is 0.0642 e. The summed E-state index contributed by atoms with van der Waals surface area (Å²) < 4.78 is 0. The van der Waals surface area contributed by atoms with Crippen molar-refractivity contribution in [1.82, 2.24) is 5.32 Å². The highest BCUT2D eigenvalue weighted by Crippen LogP contribution is 2.28. The van der Waals surface area contributed by atoms with E-state index in [0.717, 1.165) is 36.0 Å². The fourth-order valence-corrected chi connectivity index (χ4v) is 3.29. The molecule has 0 fully saturated rings. The van der Waals surface area contributed by atoms with E-state index in [1.165, 1.54) is 5.56 Å². The third kappa shape index (κ3) is 4.90. The van der Waals surface area contributed by atoms with Gasteiger partial charge in [0, 0.05) is 25.4 Å². The summed E-state index contributed by atoms with van der Waals surface area (Å²) in [5.74, 6) is 1.13. The molecule has 0 saturated heterocycles. The number of rotatable bonds is 8. The van der Waals surface area contributed by atoms with Gasteiger partial charge in [0.1, 0.15) is 0 Å². The second-order valence-corrected chi connectivity index (χ2v) is 6.01. The lowest BCUT2D eigenvalue weighted by Crippen LogP contribution is -2.33. The van der Waals surface area contributed by atoms with Crippen LogP contribution in [-0.2, 0) is 6.54 Å². The molecule has 19 heavy (non-hydrogen) atoms. The van der Waals surface area contributed by atoms with Gasteiger partial charge in [-0.05, 0) is 36.9 Å². The molecular formula is C15H25ClN2S. The Labute approximate surface area is 126 Å². The highest BCUT2D eigenvalue weighted by molar-refractivity contribution is 7.98. The molecule has 0 saturated carbocycles. The van der Waals surface area contributed by atoms with Gasteiger partial charge >= 0.3 is 0 Å². The van der Waals surface area contributed by atoms with Crippen LogP contribution in [0.4, 0.5) is 5.69 Å². The molecule has 1 atom stereocenters. The molecule has 0 aromatic heterocycles. The van der Waals surface area contributed by atoms with Crippen molar-refractivity contribution in [2.45, 2.75) is 32.9 Å². The van der Waals surface area contributed by atoms with Crippen LogP contribution in [0.3, 0.4) is 0 Å². The van der Waals surface area contributed by atoms with Crippen molar-refractivity contribution >= 4 is 29.1 Å². The second kappa shape index (κ2) is 8.72. The zero-order chi connectivity index (χ0) is 14.3. The SMILES string of the molecule is CCNCc1ccc(N(C)C(CC)CSC)c(Cl)c1. The molecule has 1 aromatic rings. The van der Waals surface area contributed by atoms with E-state index in [0.29, 0.717) is 6.04 Å². The molecule has 0 radical (unpaired) electrons. The standard InChI is InChI=1S/C15H25ClN2S/c1-5-13(11-19-4)18(3)15-8-7-12(9-14(15)16)10-17-6-2/h7-9,13,17H,5-6,10-11H2,1-4H3. The minimum atomic E-state index is 0.534. The Morgan fingerprint density at radius 2 is 2.11 bits per heavy atom. The second-order valence-electron chi connectivity index (χ2n) is 4.69. The summed E-state index contributed by atoms with van der Waals surface area (Å²) in [6, 6.07) is 6.90. The van der Waals surface area contributed by atoms with Gasteiger partial charge in [-0.1, -0.05) is 31.5 Å². The van der Waals surface area contributed by atoms with Crippen LogP contribution in [0, 0.1) is 0 Å². The number of nitrogens with one attached hydrogen (secondary N) is 1. The van der Waals surface area contributed by atoms with Gasteiger partial charge in [-0.15, -0.1) is 0 Å². The van der Waals surface area contributed by atoms with E-state index in [2.05, 4.69) is 55.6 Å². The Balaban J connectivity index is 2.82. The molecule has 2 nitrogen and oxygen atoms in total. The van der Waals surface area contributed by atoms with Crippen molar-refractivity contribution in [3.8, 4) is 0 Å². The van der Waals surface area contributed by atoms with E-state index >= 15 is 0 Å². The van der Waals surface area contributed by atoms with Crippen molar-refractivity contribution in [2.24, 2.45) is 0 Å². The average Bonchev–Trinajstić information content (AvgIpc) is 2.42. The third-order valence-corrected chi connectivity index (χ3v) is 4.37. The predicted molar refractivity (Wildman–Crippen MR) is 89.7 cm³/mol. The van der Waals surface area contributed by atoms with Crippen LogP contribution in [0.2, 0.25) is 5.02 Å². The topological polar surface area (TPSA) is 15.3 Å². The lowest BCUT2D eigenvalue weighted by atomic mass is 10.1. The third-order valence-electron chi connectivity index (χ3n) is 3.35. The van der Waals surface area contributed by atoms with Gasteiger partial charge in [0.15, 0.2) is 0 Å². The fraction of sp³-hybridized carbons (Fsp3) is 0.600. The van der Waals surface area contributed by atoms with Crippen molar-refractivity contribution < 1.29 is 0 Å². The van der Waals surface area contributed by atoms with Crippen LogP contribution in [0.15, 0.2) is 18.2 Å². The minimum Gasteiger partial charge on any atom is -0.370 e. The first-order valence-electron chi connectivity index (χ1n) is 6.84. The molecule has 0 aliphatic heterocycles. The van der Waals surface area contributed by atoms with Crippen LogP contribution in [0.5, 0.6) is 0 Å². The number of halogens is 1. The quantitative estimate of drug-likeness (QED) is 0.780. The van der Waals surface area contributed by atoms with Crippen molar-refractivity contribution in [3.05, 3.63) is 28.8 Å². The fourth-order valence-electron chi connectivity index (χ4n) is 2.11. The molecule has 0 spiro atoms. The van der Waals surface area contributed by atoms with Gasteiger partial charge < -0.3 is 10.2 Å². The van der Waals surface area contributed by atoms with Crippen LogP contribution in [0.25, 0.3) is 0 Å². The summed E-state index contributed by atoms with van der Waals surface area (Å²) in [7, 11) is 2.13. The molecule has 108 valence electrons. The Kier molecular flexibility index (Phi) is 7.66. The van der Waals surface area contributed by atoms with Gasteiger partial charge in [0.25, 0.3) is 0 Å². The summed E-state index contributed by atoms with van der Waals surface area (Å²) >= 11 is 8.31. The van der Waals surface area contributed by atoms with Crippen molar-refractivity contribution in [2.75, 3.05) is 30.5 Å². The molecular weight excluding hydrogens is 276 g/mol. The van der Waals surface area contributed by atoms with Gasteiger partial charge in [0.2, 0.25) is 0 Å². The van der Waals surface area contributed by atoms with Crippen molar-refractivity contribution in [1.29, 1.82) is 0 Å². The number of anilines is 1. The molecule has 0 heterocycles. The number of hydrogen-bond donors (Lipinski definition) is 1. The molecule has 0 amide bonds. The van der Waals surface area contributed by atoms with Crippen LogP contribution in [0.1, 0.15) is 25.8 Å². The lowest BCUT2D eigenvalue weighted by Gasteiger charge is -2.29. The van der Waals surface area contributed by atoms with Gasteiger partial charge in [-0.2, -0.15) is 11.8 Å². The number of thioether (sulfide) groups is 1. The van der Waals surface area contributed by atoms with Gasteiger partial charge in [-0.3, -0.25) is 0 Å². The van der Waals surface area contributed by atoms with Gasteiger partial charge in [0.05, 0.1) is 10.7 Å². The molecule has 1 rings (SSSR count). The lowest BCUT2D eigenvalue weighted by molar-refractivity contribution is 0.673.